The molecule has 3 N–H and O–H groups in total. The van der Waals surface area contributed by atoms with Crippen LogP contribution in [0.4, 0.5) is 5.69 Å². The number of rotatable bonds is 3. The molecule has 0 aliphatic heterocycles. The predicted octanol–water partition coefficient (Wildman–Crippen LogP) is 2.55. The molecule has 1 amide bonds. The highest BCUT2D eigenvalue weighted by molar-refractivity contribution is 5.91. The lowest BCUT2D eigenvalue weighted by Crippen LogP contribution is -2.16. The number of amides is 1. The number of hydrogen-bond donors (Lipinski definition) is 2. The Kier molecular flexibility index (Phi) is 3.05. The van der Waals surface area contributed by atoms with Crippen molar-refractivity contribution in [2.45, 2.75) is 12.8 Å². The zero-order valence-electron chi connectivity index (χ0n) is 10.6. The van der Waals surface area contributed by atoms with E-state index in [2.05, 4.69) is 41.7 Å². The summed E-state index contributed by atoms with van der Waals surface area (Å²) in [6.45, 7) is 0.377. The van der Waals surface area contributed by atoms with Crippen LogP contribution in [0.2, 0.25) is 0 Å². The van der Waals surface area contributed by atoms with Crippen LogP contribution >= 0.6 is 0 Å². The third kappa shape index (κ3) is 2.25. The molecule has 1 aliphatic rings. The quantitative estimate of drug-likeness (QED) is 0.752. The monoisotopic (exact) mass is 252 g/mol. The lowest BCUT2D eigenvalue weighted by Gasteiger charge is -2.07. The van der Waals surface area contributed by atoms with Crippen LogP contribution in [-0.2, 0) is 11.2 Å². The van der Waals surface area contributed by atoms with Crippen molar-refractivity contribution in [3.8, 4) is 11.1 Å². The Morgan fingerprint density at radius 2 is 1.89 bits per heavy atom. The van der Waals surface area contributed by atoms with Gasteiger partial charge in [0.25, 0.3) is 0 Å². The fourth-order valence-electron chi connectivity index (χ4n) is 2.58. The van der Waals surface area contributed by atoms with Gasteiger partial charge in [0.15, 0.2) is 0 Å². The lowest BCUT2D eigenvalue weighted by molar-refractivity contribution is -0.116. The number of nitrogens with two attached hydrogens (primary N) is 1. The van der Waals surface area contributed by atoms with Gasteiger partial charge in [0.1, 0.15) is 0 Å². The van der Waals surface area contributed by atoms with Gasteiger partial charge in [0, 0.05) is 18.7 Å². The Labute approximate surface area is 112 Å². The first-order chi connectivity index (χ1) is 9.28. The van der Waals surface area contributed by atoms with Crippen LogP contribution in [0.15, 0.2) is 42.5 Å². The summed E-state index contributed by atoms with van der Waals surface area (Å²) in [4.78, 5) is 11.5. The van der Waals surface area contributed by atoms with Gasteiger partial charge in [0.2, 0.25) is 5.91 Å². The van der Waals surface area contributed by atoms with Crippen LogP contribution in [-0.4, -0.2) is 12.5 Å². The van der Waals surface area contributed by atoms with Crippen LogP contribution in [0, 0.1) is 0 Å². The van der Waals surface area contributed by atoms with Gasteiger partial charge in [-0.1, -0.05) is 30.3 Å². The van der Waals surface area contributed by atoms with Gasteiger partial charge >= 0.3 is 0 Å². The number of benzene rings is 2. The second-order valence-corrected chi connectivity index (χ2v) is 4.79. The van der Waals surface area contributed by atoms with Crippen LogP contribution in [0.3, 0.4) is 0 Å². The van der Waals surface area contributed by atoms with Gasteiger partial charge in [-0.25, -0.2) is 0 Å². The molecule has 3 heteroatoms. The van der Waals surface area contributed by atoms with Crippen molar-refractivity contribution in [3.63, 3.8) is 0 Å². The molecule has 0 spiro atoms. The highest BCUT2D eigenvalue weighted by Crippen LogP contribution is 2.37. The van der Waals surface area contributed by atoms with Gasteiger partial charge < -0.3 is 11.1 Å². The summed E-state index contributed by atoms with van der Waals surface area (Å²) in [6.07, 6.45) is 1.30. The molecule has 0 unspecified atom stereocenters. The third-order valence-corrected chi connectivity index (χ3v) is 3.45. The van der Waals surface area contributed by atoms with Crippen molar-refractivity contribution >= 4 is 11.6 Å². The first-order valence-electron chi connectivity index (χ1n) is 6.49. The minimum atomic E-state index is -0.0297. The van der Waals surface area contributed by atoms with Crippen LogP contribution in [0.5, 0.6) is 0 Å². The average molecular weight is 252 g/mol. The molecule has 19 heavy (non-hydrogen) atoms. The van der Waals surface area contributed by atoms with Crippen molar-refractivity contribution < 1.29 is 4.79 Å². The van der Waals surface area contributed by atoms with Gasteiger partial charge in [0.05, 0.1) is 0 Å². The van der Waals surface area contributed by atoms with Crippen molar-refractivity contribution in [1.29, 1.82) is 0 Å². The zero-order valence-corrected chi connectivity index (χ0v) is 10.6. The van der Waals surface area contributed by atoms with E-state index in [-0.39, 0.29) is 5.91 Å². The Hall–Kier alpha value is -2.13. The standard InChI is InChI=1S/C16H16N2O/c17-8-7-16(19)18-13-5-6-15-12(10-13)9-11-3-1-2-4-14(11)15/h1-6,10H,7-9,17H2,(H,18,19). The van der Waals surface area contributed by atoms with E-state index in [4.69, 9.17) is 5.73 Å². The van der Waals surface area contributed by atoms with Crippen molar-refractivity contribution in [3.05, 3.63) is 53.6 Å². The minimum absolute atomic E-state index is 0.0297. The first kappa shape index (κ1) is 11.9. The maximum absolute atomic E-state index is 11.5. The van der Waals surface area contributed by atoms with Crippen LogP contribution < -0.4 is 11.1 Å². The maximum atomic E-state index is 11.5. The minimum Gasteiger partial charge on any atom is -0.330 e. The molecule has 3 rings (SSSR count). The van der Waals surface area contributed by atoms with Crippen LogP contribution in [0.25, 0.3) is 11.1 Å². The normalized spacial score (nSPS) is 11.8. The third-order valence-electron chi connectivity index (χ3n) is 3.45. The van der Waals surface area contributed by atoms with Gasteiger partial charge in [-0.3, -0.25) is 4.79 Å². The smallest absolute Gasteiger partial charge is 0.225 e. The molecular formula is C16H16N2O. The van der Waals surface area contributed by atoms with Crippen molar-refractivity contribution in [2.24, 2.45) is 5.73 Å². The second-order valence-electron chi connectivity index (χ2n) is 4.79. The van der Waals surface area contributed by atoms with Gasteiger partial charge in [-0.05, 0) is 40.8 Å². The predicted molar refractivity (Wildman–Crippen MR) is 77.0 cm³/mol. The van der Waals surface area contributed by atoms with E-state index < -0.39 is 0 Å². The summed E-state index contributed by atoms with van der Waals surface area (Å²) in [5, 5.41) is 2.88. The summed E-state index contributed by atoms with van der Waals surface area (Å²) < 4.78 is 0. The molecule has 0 saturated carbocycles. The van der Waals surface area contributed by atoms with E-state index in [1.807, 2.05) is 6.07 Å². The Balaban J connectivity index is 1.87. The molecule has 0 heterocycles. The van der Waals surface area contributed by atoms with E-state index in [0.717, 1.165) is 12.1 Å². The van der Waals surface area contributed by atoms with E-state index in [9.17, 15) is 4.79 Å². The molecule has 96 valence electrons. The number of carbonyl (C=O) groups excluding carboxylic acids is 1. The topological polar surface area (TPSA) is 55.1 Å². The van der Waals surface area contributed by atoms with E-state index in [0.29, 0.717) is 13.0 Å². The fourth-order valence-corrected chi connectivity index (χ4v) is 2.58. The summed E-state index contributed by atoms with van der Waals surface area (Å²) in [6, 6.07) is 14.5. The first-order valence-corrected chi connectivity index (χ1v) is 6.49. The number of hydrogen-bond acceptors (Lipinski definition) is 2. The number of nitrogens with one attached hydrogen (secondary N) is 1. The van der Waals surface area contributed by atoms with E-state index >= 15 is 0 Å². The SMILES string of the molecule is NCCC(=O)Nc1ccc2c(c1)Cc1ccccc1-2. The molecule has 2 aromatic carbocycles. The molecule has 0 radical (unpaired) electrons. The summed E-state index contributed by atoms with van der Waals surface area (Å²) in [5.41, 5.74) is 11.4. The maximum Gasteiger partial charge on any atom is 0.225 e. The van der Waals surface area contributed by atoms with Crippen molar-refractivity contribution in [1.82, 2.24) is 0 Å². The molecule has 0 atom stereocenters. The highest BCUT2D eigenvalue weighted by Gasteiger charge is 2.17. The van der Waals surface area contributed by atoms with Gasteiger partial charge in [-0.15, -0.1) is 0 Å². The molecule has 2 aromatic rings. The Morgan fingerprint density at radius 1 is 1.11 bits per heavy atom. The Morgan fingerprint density at radius 3 is 2.74 bits per heavy atom. The van der Waals surface area contributed by atoms with E-state index in [1.165, 1.54) is 22.3 Å². The largest absolute Gasteiger partial charge is 0.330 e. The molecule has 0 saturated heterocycles. The molecule has 1 aliphatic carbocycles. The second kappa shape index (κ2) is 4.86. The Bertz CT molecular complexity index is 634. The number of anilines is 1. The zero-order chi connectivity index (χ0) is 13.2. The molecule has 0 aromatic heterocycles. The number of fused-ring (bicyclic) bond motifs is 3. The van der Waals surface area contributed by atoms with E-state index in [1.54, 1.807) is 0 Å². The van der Waals surface area contributed by atoms with Gasteiger partial charge in [-0.2, -0.15) is 0 Å². The van der Waals surface area contributed by atoms with Crippen molar-refractivity contribution in [2.75, 3.05) is 11.9 Å². The fraction of sp³-hybridized carbons (Fsp3) is 0.188. The molecule has 0 bridgehead atoms. The summed E-state index contributed by atoms with van der Waals surface area (Å²) in [5.74, 6) is -0.0297. The molecule has 3 nitrogen and oxygen atoms in total. The summed E-state index contributed by atoms with van der Waals surface area (Å²) >= 11 is 0. The summed E-state index contributed by atoms with van der Waals surface area (Å²) in [7, 11) is 0. The number of carbonyl (C=O) groups is 1. The van der Waals surface area contributed by atoms with Crippen LogP contribution in [0.1, 0.15) is 17.5 Å². The molecule has 0 fully saturated rings. The molecular weight excluding hydrogens is 236 g/mol. The average Bonchev–Trinajstić information content (AvgIpc) is 2.76. The highest BCUT2D eigenvalue weighted by atomic mass is 16.1. The lowest BCUT2D eigenvalue weighted by atomic mass is 10.1.